The normalized spacial score (nSPS) is 18.5. The van der Waals surface area contributed by atoms with E-state index in [4.69, 9.17) is 0 Å². The Morgan fingerprint density at radius 3 is 2.65 bits per heavy atom. The van der Waals surface area contributed by atoms with Gasteiger partial charge in [0.1, 0.15) is 5.82 Å². The third kappa shape index (κ3) is 3.79. The van der Waals surface area contributed by atoms with Crippen molar-refractivity contribution < 1.29 is 9.18 Å². The monoisotopic (exact) mass is 311 g/mol. The number of hydrogen-bond acceptors (Lipinski definition) is 1. The smallest absolute Gasteiger partial charge is 0.253 e. The number of amides is 1. The minimum Gasteiger partial charge on any atom is -0.338 e. The first-order valence-electron chi connectivity index (χ1n) is 8.25. The minimum atomic E-state index is -0.213. The van der Waals surface area contributed by atoms with Crippen molar-refractivity contribution in [1.82, 2.24) is 4.90 Å². The number of carbonyl (C=O) groups excluding carboxylic acids is 1. The highest BCUT2D eigenvalue weighted by molar-refractivity contribution is 5.94. The summed E-state index contributed by atoms with van der Waals surface area (Å²) >= 11 is 0. The van der Waals surface area contributed by atoms with E-state index < -0.39 is 0 Å². The first-order valence-corrected chi connectivity index (χ1v) is 8.25. The minimum absolute atomic E-state index is 0.0997. The standard InChI is InChI=1S/C20H22FNO/c1-15-5-4-7-17(13-15)20(23)22-12-3-2-6-18(14-22)16-8-10-19(21)11-9-16/h4-5,7-11,13,18H,2-3,6,12,14H2,1H3. The molecular weight excluding hydrogens is 289 g/mol. The van der Waals surface area contributed by atoms with Crippen molar-refractivity contribution in [1.29, 1.82) is 0 Å². The van der Waals surface area contributed by atoms with E-state index in [0.717, 1.165) is 42.5 Å². The molecule has 3 heteroatoms. The fourth-order valence-corrected chi connectivity index (χ4v) is 3.29. The van der Waals surface area contributed by atoms with Gasteiger partial charge in [0.25, 0.3) is 5.91 Å². The Kier molecular flexibility index (Phi) is 4.75. The summed E-state index contributed by atoms with van der Waals surface area (Å²) in [5, 5.41) is 0. The molecule has 0 aromatic heterocycles. The molecular formula is C20H22FNO. The van der Waals surface area contributed by atoms with Crippen molar-refractivity contribution in [2.45, 2.75) is 32.1 Å². The van der Waals surface area contributed by atoms with Crippen LogP contribution in [0.4, 0.5) is 4.39 Å². The van der Waals surface area contributed by atoms with Crippen molar-refractivity contribution in [2.75, 3.05) is 13.1 Å². The second-order valence-corrected chi connectivity index (χ2v) is 6.36. The lowest BCUT2D eigenvalue weighted by Gasteiger charge is -2.25. The van der Waals surface area contributed by atoms with Crippen molar-refractivity contribution in [3.05, 3.63) is 71.0 Å². The molecule has 0 aliphatic carbocycles. The van der Waals surface area contributed by atoms with Crippen molar-refractivity contribution in [3.63, 3.8) is 0 Å². The second kappa shape index (κ2) is 6.95. The first-order chi connectivity index (χ1) is 11.1. The third-order valence-electron chi connectivity index (χ3n) is 4.57. The number of rotatable bonds is 2. The number of likely N-dealkylation sites (tertiary alicyclic amines) is 1. The van der Waals surface area contributed by atoms with Crippen molar-refractivity contribution >= 4 is 5.91 Å². The maximum Gasteiger partial charge on any atom is 0.253 e. The summed E-state index contributed by atoms with van der Waals surface area (Å²) in [5.41, 5.74) is 2.97. The van der Waals surface area contributed by atoms with Crippen LogP contribution in [0.2, 0.25) is 0 Å². The molecule has 2 aromatic carbocycles. The molecule has 3 rings (SSSR count). The van der Waals surface area contributed by atoms with Gasteiger partial charge in [0.05, 0.1) is 0 Å². The van der Waals surface area contributed by atoms with Gasteiger partial charge in [0, 0.05) is 24.6 Å². The Bertz CT molecular complexity index is 680. The molecule has 1 fully saturated rings. The predicted molar refractivity (Wildman–Crippen MR) is 90.1 cm³/mol. The maximum absolute atomic E-state index is 13.1. The van der Waals surface area contributed by atoms with Gasteiger partial charge in [-0.2, -0.15) is 0 Å². The summed E-state index contributed by atoms with van der Waals surface area (Å²) in [7, 11) is 0. The maximum atomic E-state index is 13.1. The molecule has 120 valence electrons. The Morgan fingerprint density at radius 1 is 1.13 bits per heavy atom. The van der Waals surface area contributed by atoms with E-state index in [1.807, 2.05) is 48.2 Å². The van der Waals surface area contributed by atoms with Crippen LogP contribution in [0.15, 0.2) is 48.5 Å². The van der Waals surface area contributed by atoms with Gasteiger partial charge in [-0.25, -0.2) is 4.39 Å². The Labute approximate surface area is 136 Å². The molecule has 1 aliphatic rings. The molecule has 0 N–H and O–H groups in total. The number of halogens is 1. The molecule has 2 aromatic rings. The molecule has 23 heavy (non-hydrogen) atoms. The van der Waals surface area contributed by atoms with Gasteiger partial charge in [-0.3, -0.25) is 4.79 Å². The fraction of sp³-hybridized carbons (Fsp3) is 0.350. The average molecular weight is 311 g/mol. The molecule has 1 amide bonds. The molecule has 2 nitrogen and oxygen atoms in total. The number of carbonyl (C=O) groups is 1. The second-order valence-electron chi connectivity index (χ2n) is 6.36. The lowest BCUT2D eigenvalue weighted by atomic mass is 9.94. The predicted octanol–water partition coefficient (Wildman–Crippen LogP) is 4.54. The summed E-state index contributed by atoms with van der Waals surface area (Å²) in [5.74, 6) is 0.171. The summed E-state index contributed by atoms with van der Waals surface area (Å²) in [4.78, 5) is 14.8. The SMILES string of the molecule is Cc1cccc(C(=O)N2CCCCC(c3ccc(F)cc3)C2)c1. The highest BCUT2D eigenvalue weighted by Gasteiger charge is 2.24. The topological polar surface area (TPSA) is 20.3 Å². The van der Waals surface area contributed by atoms with Gasteiger partial charge in [-0.1, -0.05) is 36.2 Å². The van der Waals surface area contributed by atoms with Gasteiger partial charge in [-0.05, 0) is 49.6 Å². The third-order valence-corrected chi connectivity index (χ3v) is 4.57. The van der Waals surface area contributed by atoms with E-state index in [2.05, 4.69) is 0 Å². The molecule has 1 atom stereocenters. The van der Waals surface area contributed by atoms with Crippen LogP contribution in [-0.4, -0.2) is 23.9 Å². The first kappa shape index (κ1) is 15.7. The van der Waals surface area contributed by atoms with Crippen LogP contribution in [0.5, 0.6) is 0 Å². The largest absolute Gasteiger partial charge is 0.338 e. The highest BCUT2D eigenvalue weighted by Crippen LogP contribution is 2.27. The molecule has 1 heterocycles. The molecule has 1 aliphatic heterocycles. The summed E-state index contributed by atoms with van der Waals surface area (Å²) in [6.45, 7) is 3.50. The number of benzene rings is 2. The Morgan fingerprint density at radius 2 is 1.91 bits per heavy atom. The number of nitrogens with zero attached hydrogens (tertiary/aromatic N) is 1. The van der Waals surface area contributed by atoms with Gasteiger partial charge in [0.15, 0.2) is 0 Å². The van der Waals surface area contributed by atoms with Crippen LogP contribution in [0.25, 0.3) is 0 Å². The lowest BCUT2D eigenvalue weighted by Crippen LogP contribution is -2.34. The van der Waals surface area contributed by atoms with Crippen LogP contribution < -0.4 is 0 Å². The van der Waals surface area contributed by atoms with E-state index in [1.54, 1.807) is 0 Å². The summed E-state index contributed by atoms with van der Waals surface area (Å²) in [6.07, 6.45) is 3.16. The quantitative estimate of drug-likeness (QED) is 0.797. The van der Waals surface area contributed by atoms with E-state index in [0.29, 0.717) is 6.54 Å². The van der Waals surface area contributed by atoms with Crippen LogP contribution in [0.1, 0.15) is 46.7 Å². The van der Waals surface area contributed by atoms with E-state index in [-0.39, 0.29) is 17.6 Å². The van der Waals surface area contributed by atoms with Crippen molar-refractivity contribution in [3.8, 4) is 0 Å². The van der Waals surface area contributed by atoms with E-state index in [1.165, 1.54) is 12.1 Å². The average Bonchev–Trinajstić information content (AvgIpc) is 2.81. The van der Waals surface area contributed by atoms with Gasteiger partial charge in [-0.15, -0.1) is 0 Å². The van der Waals surface area contributed by atoms with Gasteiger partial charge < -0.3 is 4.90 Å². The van der Waals surface area contributed by atoms with Gasteiger partial charge in [0.2, 0.25) is 0 Å². The number of aryl methyl sites for hydroxylation is 1. The molecule has 1 saturated heterocycles. The zero-order valence-electron chi connectivity index (χ0n) is 13.5. The fourth-order valence-electron chi connectivity index (χ4n) is 3.29. The zero-order valence-corrected chi connectivity index (χ0v) is 13.5. The number of hydrogen-bond donors (Lipinski definition) is 0. The van der Waals surface area contributed by atoms with Crippen molar-refractivity contribution in [2.24, 2.45) is 0 Å². The molecule has 0 saturated carbocycles. The Balaban J connectivity index is 1.79. The van der Waals surface area contributed by atoms with Crippen LogP contribution in [0, 0.1) is 12.7 Å². The molecule has 1 unspecified atom stereocenters. The highest BCUT2D eigenvalue weighted by atomic mass is 19.1. The lowest BCUT2D eigenvalue weighted by molar-refractivity contribution is 0.0754. The molecule has 0 bridgehead atoms. The van der Waals surface area contributed by atoms with Crippen LogP contribution in [-0.2, 0) is 0 Å². The zero-order chi connectivity index (χ0) is 16.2. The Hall–Kier alpha value is -2.16. The summed E-state index contributed by atoms with van der Waals surface area (Å²) < 4.78 is 13.1. The van der Waals surface area contributed by atoms with E-state index >= 15 is 0 Å². The molecule has 0 radical (unpaired) electrons. The van der Waals surface area contributed by atoms with Crippen LogP contribution >= 0.6 is 0 Å². The molecule has 0 spiro atoms. The van der Waals surface area contributed by atoms with Crippen LogP contribution in [0.3, 0.4) is 0 Å². The van der Waals surface area contributed by atoms with Gasteiger partial charge >= 0.3 is 0 Å². The van der Waals surface area contributed by atoms with E-state index in [9.17, 15) is 9.18 Å². The summed E-state index contributed by atoms with van der Waals surface area (Å²) in [6, 6.07) is 14.5.